The van der Waals surface area contributed by atoms with E-state index in [0.717, 1.165) is 18.2 Å². The van der Waals surface area contributed by atoms with Gasteiger partial charge >= 0.3 is 6.18 Å². The zero-order chi connectivity index (χ0) is 17.7. The van der Waals surface area contributed by atoms with Crippen LogP contribution < -0.4 is 9.46 Å². The fourth-order valence-electron chi connectivity index (χ4n) is 1.84. The molecule has 0 saturated carbocycles. The fraction of sp³-hybridized carbons (Fsp3) is 0.200. The SMILES string of the molecule is COc1cc(C(NSc2cncc(C#N)c2)C(F)(F)F)ccc1F. The number of pyridine rings is 1. The third-order valence-corrected chi connectivity index (χ3v) is 3.79. The number of ether oxygens (including phenoxy) is 1. The van der Waals surface area contributed by atoms with Crippen LogP contribution in [0.3, 0.4) is 0 Å². The summed E-state index contributed by atoms with van der Waals surface area (Å²) in [7, 11) is 1.17. The van der Waals surface area contributed by atoms with E-state index >= 15 is 0 Å². The van der Waals surface area contributed by atoms with Gasteiger partial charge in [0.2, 0.25) is 0 Å². The Morgan fingerprint density at radius 1 is 1.29 bits per heavy atom. The third kappa shape index (κ3) is 4.37. The molecule has 1 aromatic carbocycles. The lowest BCUT2D eigenvalue weighted by atomic mass is 10.1. The van der Waals surface area contributed by atoms with E-state index in [2.05, 4.69) is 9.71 Å². The molecule has 24 heavy (non-hydrogen) atoms. The Labute approximate surface area is 139 Å². The summed E-state index contributed by atoms with van der Waals surface area (Å²) in [6, 6.07) is 4.15. The summed E-state index contributed by atoms with van der Waals surface area (Å²) in [5.74, 6) is -1.03. The first-order valence-corrected chi connectivity index (χ1v) is 7.34. The van der Waals surface area contributed by atoms with Gasteiger partial charge in [0.1, 0.15) is 12.1 Å². The van der Waals surface area contributed by atoms with Gasteiger partial charge in [0.15, 0.2) is 11.6 Å². The number of methoxy groups -OCH3 is 1. The first-order chi connectivity index (χ1) is 11.3. The van der Waals surface area contributed by atoms with Crippen molar-refractivity contribution < 1.29 is 22.3 Å². The van der Waals surface area contributed by atoms with Crippen molar-refractivity contribution in [1.29, 1.82) is 5.26 Å². The number of nitrogens with one attached hydrogen (secondary N) is 1. The first-order valence-electron chi connectivity index (χ1n) is 6.53. The van der Waals surface area contributed by atoms with Gasteiger partial charge in [0.05, 0.1) is 12.7 Å². The predicted octanol–water partition coefficient (Wildman–Crippen LogP) is 4.00. The zero-order valence-electron chi connectivity index (χ0n) is 12.3. The second-order valence-corrected chi connectivity index (χ2v) is 5.52. The third-order valence-electron chi connectivity index (χ3n) is 2.97. The number of benzene rings is 1. The molecule has 1 unspecified atom stereocenters. The van der Waals surface area contributed by atoms with Gasteiger partial charge in [-0.1, -0.05) is 6.07 Å². The molecule has 126 valence electrons. The minimum atomic E-state index is -4.61. The van der Waals surface area contributed by atoms with Gasteiger partial charge < -0.3 is 4.74 Å². The topological polar surface area (TPSA) is 57.9 Å². The smallest absolute Gasteiger partial charge is 0.408 e. The van der Waals surface area contributed by atoms with Crippen LogP contribution in [0.5, 0.6) is 5.75 Å². The summed E-state index contributed by atoms with van der Waals surface area (Å²) in [4.78, 5) is 4.12. The lowest BCUT2D eigenvalue weighted by Crippen LogP contribution is -2.30. The maximum absolute atomic E-state index is 13.4. The van der Waals surface area contributed by atoms with E-state index in [1.807, 2.05) is 6.07 Å². The van der Waals surface area contributed by atoms with Crippen LogP contribution in [0.25, 0.3) is 0 Å². The summed E-state index contributed by atoms with van der Waals surface area (Å²) in [5, 5.41) is 8.78. The molecule has 0 aliphatic carbocycles. The van der Waals surface area contributed by atoms with Gasteiger partial charge in [-0.2, -0.15) is 18.4 Å². The van der Waals surface area contributed by atoms with E-state index in [1.54, 1.807) is 0 Å². The minimum absolute atomic E-state index is 0.197. The monoisotopic (exact) mass is 357 g/mol. The second kappa shape index (κ2) is 7.51. The molecule has 1 aromatic heterocycles. The molecular weight excluding hydrogens is 346 g/mol. The van der Waals surface area contributed by atoms with E-state index in [9.17, 15) is 17.6 Å². The summed E-state index contributed by atoms with van der Waals surface area (Å²) in [6.07, 6.45) is -1.98. The molecule has 0 fully saturated rings. The Kier molecular flexibility index (Phi) is 5.64. The van der Waals surface area contributed by atoms with Crippen molar-refractivity contribution in [3.63, 3.8) is 0 Å². The molecule has 0 aliphatic rings. The number of halogens is 4. The molecule has 0 spiro atoms. The molecule has 0 saturated heterocycles. The zero-order valence-corrected chi connectivity index (χ0v) is 13.1. The summed E-state index contributed by atoms with van der Waals surface area (Å²) < 4.78 is 60.3. The highest BCUT2D eigenvalue weighted by Crippen LogP contribution is 2.37. The minimum Gasteiger partial charge on any atom is -0.494 e. The van der Waals surface area contributed by atoms with Crippen molar-refractivity contribution in [1.82, 2.24) is 9.71 Å². The van der Waals surface area contributed by atoms with E-state index < -0.39 is 18.0 Å². The van der Waals surface area contributed by atoms with Crippen molar-refractivity contribution >= 4 is 11.9 Å². The Bertz CT molecular complexity index is 761. The Morgan fingerprint density at radius 3 is 2.67 bits per heavy atom. The summed E-state index contributed by atoms with van der Waals surface area (Å²) in [5.41, 5.74) is 0.0338. The highest BCUT2D eigenvalue weighted by molar-refractivity contribution is 7.97. The number of nitrogens with zero attached hydrogens (tertiary/aromatic N) is 2. The van der Waals surface area contributed by atoms with Crippen molar-refractivity contribution in [3.8, 4) is 11.8 Å². The Balaban J connectivity index is 2.25. The van der Waals surface area contributed by atoms with Gasteiger partial charge in [-0.25, -0.2) is 9.11 Å². The first kappa shape index (κ1) is 18.0. The summed E-state index contributed by atoms with van der Waals surface area (Å²) >= 11 is 0.679. The number of hydrogen-bond acceptors (Lipinski definition) is 5. The van der Waals surface area contributed by atoms with Gasteiger partial charge in [-0.3, -0.25) is 4.98 Å². The van der Waals surface area contributed by atoms with Crippen molar-refractivity contribution in [3.05, 3.63) is 53.6 Å². The number of nitriles is 1. The van der Waals surface area contributed by atoms with Crippen LogP contribution in [0.2, 0.25) is 0 Å². The quantitative estimate of drug-likeness (QED) is 0.647. The van der Waals surface area contributed by atoms with Crippen molar-refractivity contribution in [2.45, 2.75) is 17.1 Å². The fourth-order valence-corrected chi connectivity index (χ4v) is 2.67. The van der Waals surface area contributed by atoms with Crippen LogP contribution in [-0.4, -0.2) is 18.3 Å². The molecular formula is C15H11F4N3OS. The number of rotatable bonds is 5. The largest absolute Gasteiger partial charge is 0.494 e. The molecule has 0 radical (unpaired) electrons. The van der Waals surface area contributed by atoms with Gasteiger partial charge in [0.25, 0.3) is 0 Å². The lowest BCUT2D eigenvalue weighted by Gasteiger charge is -2.22. The molecule has 0 amide bonds. The molecule has 2 aromatic rings. The molecule has 0 aliphatic heterocycles. The van der Waals surface area contributed by atoms with Crippen LogP contribution in [0.1, 0.15) is 17.2 Å². The maximum Gasteiger partial charge on any atom is 0.408 e. The second-order valence-electron chi connectivity index (χ2n) is 4.61. The van der Waals surface area contributed by atoms with E-state index in [0.29, 0.717) is 16.8 Å². The molecule has 1 N–H and O–H groups in total. The van der Waals surface area contributed by atoms with Crippen LogP contribution >= 0.6 is 11.9 Å². The number of alkyl halides is 3. The number of hydrogen-bond donors (Lipinski definition) is 1. The number of aromatic nitrogens is 1. The summed E-state index contributed by atoms with van der Waals surface area (Å²) in [6.45, 7) is 0. The van der Waals surface area contributed by atoms with Crippen LogP contribution in [0.4, 0.5) is 17.6 Å². The highest BCUT2D eigenvalue weighted by Gasteiger charge is 2.41. The van der Waals surface area contributed by atoms with Crippen molar-refractivity contribution in [2.75, 3.05) is 7.11 Å². The Morgan fingerprint density at radius 2 is 2.04 bits per heavy atom. The molecule has 0 bridgehead atoms. The molecule has 9 heteroatoms. The standard InChI is InChI=1S/C15H11F4N3OS/c1-23-13-5-10(2-3-12(13)16)14(15(17,18)19)22-24-11-4-9(6-20)7-21-8-11/h2-5,7-8,14,22H,1H3. The van der Waals surface area contributed by atoms with Crippen LogP contribution in [-0.2, 0) is 0 Å². The molecule has 1 atom stereocenters. The van der Waals surface area contributed by atoms with Gasteiger partial charge in [-0.15, -0.1) is 0 Å². The highest BCUT2D eigenvalue weighted by atomic mass is 32.2. The molecule has 1 heterocycles. The molecule has 4 nitrogen and oxygen atoms in total. The van der Waals surface area contributed by atoms with Crippen molar-refractivity contribution in [2.24, 2.45) is 0 Å². The Hall–Kier alpha value is -2.31. The lowest BCUT2D eigenvalue weighted by molar-refractivity contribution is -0.152. The molecule has 2 rings (SSSR count). The normalized spacial score (nSPS) is 12.5. The predicted molar refractivity (Wildman–Crippen MR) is 79.7 cm³/mol. The van der Waals surface area contributed by atoms with Crippen LogP contribution in [0.15, 0.2) is 41.6 Å². The van der Waals surface area contributed by atoms with Gasteiger partial charge in [0, 0.05) is 17.3 Å². The van der Waals surface area contributed by atoms with Crippen LogP contribution in [0, 0.1) is 17.1 Å². The van der Waals surface area contributed by atoms with E-state index in [-0.39, 0.29) is 16.9 Å². The average molecular weight is 357 g/mol. The van der Waals surface area contributed by atoms with Gasteiger partial charge in [-0.05, 0) is 35.7 Å². The van der Waals surface area contributed by atoms with E-state index in [1.165, 1.54) is 25.6 Å². The maximum atomic E-state index is 13.4. The van der Waals surface area contributed by atoms with E-state index in [4.69, 9.17) is 10.00 Å². The average Bonchev–Trinajstić information content (AvgIpc) is 2.55.